The molecule has 1 amide bonds. The molecule has 1 aromatic carbocycles. The normalized spacial score (nSPS) is 13.6. The standard InChI is InChI=1S/C23H26ClFN6O4/c1-6-28-18(10-32)27-31(23(28)34)17-8-16-14(7-15(17)25)22(33)30(11-29(16)12(2)3)20-13(4)9-26-21(35-5)19(20)24/h7-9,12,32H,6,10-11H2,1-5H3. The van der Waals surface area contributed by atoms with E-state index in [-0.39, 0.29) is 47.2 Å². The van der Waals surface area contributed by atoms with Crippen LogP contribution in [0.15, 0.2) is 23.1 Å². The van der Waals surface area contributed by atoms with Gasteiger partial charge in [-0.2, -0.15) is 4.68 Å². The van der Waals surface area contributed by atoms with E-state index in [2.05, 4.69) is 10.1 Å². The number of rotatable bonds is 6. The number of nitrogens with zero attached hydrogens (tertiary/aromatic N) is 6. The molecule has 0 saturated carbocycles. The van der Waals surface area contributed by atoms with Gasteiger partial charge in [-0.25, -0.2) is 14.2 Å². The molecule has 1 aliphatic rings. The highest BCUT2D eigenvalue weighted by atomic mass is 35.5. The monoisotopic (exact) mass is 504 g/mol. The van der Waals surface area contributed by atoms with Crippen molar-refractivity contribution in [2.24, 2.45) is 0 Å². The number of fused-ring (bicyclic) bond motifs is 1. The lowest BCUT2D eigenvalue weighted by atomic mass is 10.0. The summed E-state index contributed by atoms with van der Waals surface area (Å²) in [5.74, 6) is -0.961. The van der Waals surface area contributed by atoms with Crippen LogP contribution in [-0.2, 0) is 13.2 Å². The van der Waals surface area contributed by atoms with Gasteiger partial charge in [0.05, 0.1) is 30.7 Å². The number of anilines is 2. The van der Waals surface area contributed by atoms with Gasteiger partial charge < -0.3 is 14.7 Å². The number of aromatic nitrogens is 4. The molecule has 0 spiro atoms. The summed E-state index contributed by atoms with van der Waals surface area (Å²) in [5.41, 5.74) is 0.957. The van der Waals surface area contributed by atoms with E-state index in [4.69, 9.17) is 16.3 Å². The highest BCUT2D eigenvalue weighted by Gasteiger charge is 2.35. The molecule has 0 bridgehead atoms. The van der Waals surface area contributed by atoms with Crippen LogP contribution < -0.4 is 20.2 Å². The Bertz CT molecular complexity index is 1370. The van der Waals surface area contributed by atoms with Crippen LogP contribution in [0.2, 0.25) is 5.02 Å². The summed E-state index contributed by atoms with van der Waals surface area (Å²) < 4.78 is 22.8. The second kappa shape index (κ2) is 9.31. The number of carbonyl (C=O) groups excluding carboxylic acids is 1. The number of ether oxygens (including phenoxy) is 1. The summed E-state index contributed by atoms with van der Waals surface area (Å²) in [6.45, 7) is 7.29. The molecule has 12 heteroatoms. The first-order chi connectivity index (χ1) is 16.6. The van der Waals surface area contributed by atoms with Crippen LogP contribution in [0.4, 0.5) is 15.8 Å². The van der Waals surface area contributed by atoms with E-state index in [9.17, 15) is 14.7 Å². The number of benzene rings is 1. The minimum Gasteiger partial charge on any atom is -0.480 e. The predicted molar refractivity (Wildman–Crippen MR) is 129 cm³/mol. The van der Waals surface area contributed by atoms with Crippen molar-refractivity contribution < 1.29 is 19.0 Å². The Labute approximate surface area is 206 Å². The number of aliphatic hydroxyl groups excluding tert-OH is 1. The minimum atomic E-state index is -0.801. The molecule has 1 aliphatic heterocycles. The molecule has 4 rings (SSSR count). The van der Waals surface area contributed by atoms with Gasteiger partial charge in [-0.05, 0) is 45.4 Å². The fourth-order valence-electron chi connectivity index (χ4n) is 4.22. The Morgan fingerprint density at radius 1 is 1.26 bits per heavy atom. The number of hydrogen-bond donors (Lipinski definition) is 1. The topological polar surface area (TPSA) is 106 Å². The Morgan fingerprint density at radius 3 is 2.54 bits per heavy atom. The molecule has 0 aliphatic carbocycles. The Balaban J connectivity index is 1.90. The van der Waals surface area contributed by atoms with Crippen molar-refractivity contribution in [1.29, 1.82) is 0 Å². The summed E-state index contributed by atoms with van der Waals surface area (Å²) in [4.78, 5) is 33.9. The molecule has 186 valence electrons. The van der Waals surface area contributed by atoms with Gasteiger partial charge in [0.2, 0.25) is 5.88 Å². The van der Waals surface area contributed by atoms with E-state index in [1.807, 2.05) is 18.7 Å². The lowest BCUT2D eigenvalue weighted by molar-refractivity contribution is 0.0981. The van der Waals surface area contributed by atoms with Gasteiger partial charge in [-0.15, -0.1) is 5.10 Å². The summed E-state index contributed by atoms with van der Waals surface area (Å²) in [6, 6.07) is 2.45. The Hall–Kier alpha value is -3.44. The highest BCUT2D eigenvalue weighted by Crippen LogP contribution is 2.40. The van der Waals surface area contributed by atoms with Crippen molar-refractivity contribution in [3.8, 4) is 11.6 Å². The number of aryl methyl sites for hydroxylation is 1. The second-order valence-corrected chi connectivity index (χ2v) is 8.76. The summed E-state index contributed by atoms with van der Waals surface area (Å²) in [7, 11) is 1.43. The lowest BCUT2D eigenvalue weighted by Gasteiger charge is -2.41. The third-order valence-corrected chi connectivity index (χ3v) is 6.34. The van der Waals surface area contributed by atoms with Crippen molar-refractivity contribution >= 4 is 28.9 Å². The SMILES string of the molecule is CCn1c(CO)nn(-c2cc3c(cc2F)C(=O)N(c2c(C)cnc(OC)c2Cl)CN3C(C)C)c1=O. The molecule has 0 saturated heterocycles. The molecule has 0 atom stereocenters. The van der Waals surface area contributed by atoms with E-state index in [1.165, 1.54) is 22.6 Å². The first-order valence-electron chi connectivity index (χ1n) is 11.1. The second-order valence-electron chi connectivity index (χ2n) is 8.38. The van der Waals surface area contributed by atoms with Crippen LogP contribution >= 0.6 is 11.6 Å². The minimum absolute atomic E-state index is 0.0941. The number of hydrogen-bond acceptors (Lipinski definition) is 7. The van der Waals surface area contributed by atoms with Gasteiger partial charge in [0.1, 0.15) is 23.1 Å². The van der Waals surface area contributed by atoms with E-state index in [0.717, 1.165) is 10.7 Å². The fourth-order valence-corrected chi connectivity index (χ4v) is 4.60. The molecule has 0 unspecified atom stereocenters. The third kappa shape index (κ3) is 3.94. The molecule has 35 heavy (non-hydrogen) atoms. The van der Waals surface area contributed by atoms with Gasteiger partial charge in [0, 0.05) is 18.8 Å². The van der Waals surface area contributed by atoms with Crippen molar-refractivity contribution in [1.82, 2.24) is 19.3 Å². The average Bonchev–Trinajstić information content (AvgIpc) is 3.15. The van der Waals surface area contributed by atoms with Gasteiger partial charge in [-0.3, -0.25) is 14.3 Å². The average molecular weight is 505 g/mol. The van der Waals surface area contributed by atoms with Gasteiger partial charge in [0.25, 0.3) is 5.91 Å². The van der Waals surface area contributed by atoms with E-state index in [1.54, 1.807) is 20.0 Å². The number of methoxy groups -OCH3 is 1. The molecule has 10 nitrogen and oxygen atoms in total. The molecule has 2 aromatic heterocycles. The van der Waals surface area contributed by atoms with Gasteiger partial charge in [0.15, 0.2) is 5.82 Å². The van der Waals surface area contributed by atoms with E-state index in [0.29, 0.717) is 16.9 Å². The molecule has 3 aromatic rings. The fraction of sp³-hybridized carbons (Fsp3) is 0.391. The zero-order valence-electron chi connectivity index (χ0n) is 20.0. The van der Waals surface area contributed by atoms with E-state index >= 15 is 4.39 Å². The number of amides is 1. The van der Waals surface area contributed by atoms with E-state index < -0.39 is 24.0 Å². The van der Waals surface area contributed by atoms with Crippen LogP contribution in [-0.4, -0.2) is 50.2 Å². The lowest BCUT2D eigenvalue weighted by Crippen LogP contribution is -2.50. The number of aliphatic hydroxyl groups is 1. The zero-order valence-corrected chi connectivity index (χ0v) is 20.8. The molecule has 0 radical (unpaired) electrons. The number of halogens is 2. The Kier molecular flexibility index (Phi) is 6.56. The maximum absolute atomic E-state index is 15.4. The molecule has 3 heterocycles. The molecular weight excluding hydrogens is 479 g/mol. The smallest absolute Gasteiger partial charge is 0.350 e. The summed E-state index contributed by atoms with van der Waals surface area (Å²) in [6.07, 6.45) is 1.56. The first-order valence-corrected chi connectivity index (χ1v) is 11.4. The van der Waals surface area contributed by atoms with Crippen LogP contribution in [0.1, 0.15) is 42.5 Å². The molecule has 0 fully saturated rings. The first kappa shape index (κ1) is 24.7. The molecule has 1 N–H and O–H groups in total. The quantitative estimate of drug-likeness (QED) is 0.550. The van der Waals surface area contributed by atoms with Crippen LogP contribution in [0, 0.1) is 12.7 Å². The number of pyridine rings is 1. The van der Waals surface area contributed by atoms with Gasteiger partial charge in [-0.1, -0.05) is 11.6 Å². The predicted octanol–water partition coefficient (Wildman–Crippen LogP) is 2.88. The van der Waals surface area contributed by atoms with Crippen LogP contribution in [0.25, 0.3) is 5.69 Å². The zero-order chi connectivity index (χ0) is 25.6. The van der Waals surface area contributed by atoms with Crippen molar-refractivity contribution in [2.75, 3.05) is 23.6 Å². The van der Waals surface area contributed by atoms with Crippen LogP contribution in [0.5, 0.6) is 5.88 Å². The number of carbonyl (C=O) groups is 1. The van der Waals surface area contributed by atoms with Gasteiger partial charge >= 0.3 is 5.69 Å². The molecular formula is C23H26ClFN6O4. The van der Waals surface area contributed by atoms with Crippen LogP contribution in [0.3, 0.4) is 0 Å². The van der Waals surface area contributed by atoms with Crippen molar-refractivity contribution in [2.45, 2.75) is 46.9 Å². The maximum atomic E-state index is 15.4. The van der Waals surface area contributed by atoms with Crippen molar-refractivity contribution in [3.63, 3.8) is 0 Å². The summed E-state index contributed by atoms with van der Waals surface area (Å²) >= 11 is 6.52. The highest BCUT2D eigenvalue weighted by molar-refractivity contribution is 6.35. The van der Waals surface area contributed by atoms with Crippen molar-refractivity contribution in [3.05, 3.63) is 56.6 Å². The maximum Gasteiger partial charge on any atom is 0.350 e. The third-order valence-electron chi connectivity index (χ3n) is 6.00. The summed E-state index contributed by atoms with van der Waals surface area (Å²) in [5, 5.41) is 13.8. The Morgan fingerprint density at radius 2 is 1.97 bits per heavy atom. The largest absolute Gasteiger partial charge is 0.480 e.